The molecule has 1 heterocycles. The Morgan fingerprint density at radius 3 is 2.31 bits per heavy atom. The molecule has 3 rings (SSSR count). The number of methoxy groups -OCH3 is 1. The second-order valence-electron chi connectivity index (χ2n) is 6.93. The SMILES string of the molecule is COc1ccc([C@H](C)NC(=O)c2ccc(CS(=O)(=O)N3CCOCC3)cc2)cc1. The first kappa shape index (κ1) is 21.3. The van der Waals surface area contributed by atoms with Crippen LogP contribution >= 0.6 is 0 Å². The molecule has 2 aromatic carbocycles. The molecule has 1 aliphatic heterocycles. The summed E-state index contributed by atoms with van der Waals surface area (Å²) in [6.45, 7) is 3.51. The zero-order valence-electron chi connectivity index (χ0n) is 16.6. The number of nitrogens with one attached hydrogen (secondary N) is 1. The van der Waals surface area contributed by atoms with Crippen LogP contribution in [0.5, 0.6) is 5.75 Å². The Bertz CT molecular complexity index is 921. The monoisotopic (exact) mass is 418 g/mol. The third-order valence-electron chi connectivity index (χ3n) is 4.89. The first-order valence-electron chi connectivity index (χ1n) is 9.48. The Labute approximate surface area is 171 Å². The highest BCUT2D eigenvalue weighted by molar-refractivity contribution is 7.88. The van der Waals surface area contributed by atoms with Crippen LogP contribution in [-0.4, -0.2) is 52.0 Å². The summed E-state index contributed by atoms with van der Waals surface area (Å²) in [6.07, 6.45) is 0. The van der Waals surface area contributed by atoms with Crippen molar-refractivity contribution in [2.24, 2.45) is 0 Å². The number of nitrogens with zero attached hydrogens (tertiary/aromatic N) is 1. The third-order valence-corrected chi connectivity index (χ3v) is 6.74. The Hall–Kier alpha value is -2.42. The molecular formula is C21H26N2O5S. The fourth-order valence-electron chi connectivity index (χ4n) is 3.13. The van der Waals surface area contributed by atoms with Crippen LogP contribution in [0.25, 0.3) is 0 Å². The highest BCUT2D eigenvalue weighted by Gasteiger charge is 2.24. The van der Waals surface area contributed by atoms with Gasteiger partial charge in [0.25, 0.3) is 5.91 Å². The average molecular weight is 419 g/mol. The molecule has 0 bridgehead atoms. The molecule has 1 aliphatic rings. The molecule has 1 saturated heterocycles. The molecule has 0 saturated carbocycles. The van der Waals surface area contributed by atoms with Crippen molar-refractivity contribution in [2.75, 3.05) is 33.4 Å². The summed E-state index contributed by atoms with van der Waals surface area (Å²) in [6, 6.07) is 14.0. The van der Waals surface area contributed by atoms with Gasteiger partial charge in [-0.1, -0.05) is 24.3 Å². The second-order valence-corrected chi connectivity index (χ2v) is 8.90. The number of amides is 1. The Kier molecular flexibility index (Phi) is 6.89. The molecule has 1 amide bonds. The predicted octanol–water partition coefficient (Wildman–Crippen LogP) is 2.35. The summed E-state index contributed by atoms with van der Waals surface area (Å²) < 4.78 is 36.8. The molecule has 0 radical (unpaired) electrons. The van der Waals surface area contributed by atoms with Gasteiger partial charge in [0, 0.05) is 18.7 Å². The maximum Gasteiger partial charge on any atom is 0.251 e. The van der Waals surface area contributed by atoms with Gasteiger partial charge in [-0.15, -0.1) is 0 Å². The molecule has 0 aromatic heterocycles. The lowest BCUT2D eigenvalue weighted by Gasteiger charge is -2.26. The first-order valence-corrected chi connectivity index (χ1v) is 11.1. The van der Waals surface area contributed by atoms with Gasteiger partial charge in [-0.05, 0) is 42.3 Å². The van der Waals surface area contributed by atoms with Gasteiger partial charge in [0.15, 0.2) is 0 Å². The minimum absolute atomic E-state index is 0.0862. The minimum atomic E-state index is -3.39. The number of hydrogen-bond donors (Lipinski definition) is 1. The first-order chi connectivity index (χ1) is 13.9. The van der Waals surface area contributed by atoms with Gasteiger partial charge < -0.3 is 14.8 Å². The molecule has 0 aliphatic carbocycles. The number of benzene rings is 2. The number of carbonyl (C=O) groups is 1. The highest BCUT2D eigenvalue weighted by Crippen LogP contribution is 2.18. The summed E-state index contributed by atoms with van der Waals surface area (Å²) in [5.74, 6) is 0.461. The van der Waals surface area contributed by atoms with Gasteiger partial charge in [-0.25, -0.2) is 8.42 Å². The zero-order valence-corrected chi connectivity index (χ0v) is 17.4. The molecule has 1 fully saturated rings. The number of carbonyl (C=O) groups excluding carboxylic acids is 1. The van der Waals surface area contributed by atoms with Gasteiger partial charge in [0.2, 0.25) is 10.0 Å². The molecule has 8 heteroatoms. The van der Waals surface area contributed by atoms with Crippen LogP contribution in [0.2, 0.25) is 0 Å². The molecule has 2 aromatic rings. The Morgan fingerprint density at radius 2 is 1.72 bits per heavy atom. The molecule has 156 valence electrons. The predicted molar refractivity (Wildman–Crippen MR) is 110 cm³/mol. The van der Waals surface area contributed by atoms with E-state index in [1.54, 1.807) is 31.4 Å². The lowest BCUT2D eigenvalue weighted by Crippen LogP contribution is -2.41. The van der Waals surface area contributed by atoms with Gasteiger partial charge in [0.1, 0.15) is 5.75 Å². The van der Waals surface area contributed by atoms with E-state index in [1.165, 1.54) is 4.31 Å². The van der Waals surface area contributed by atoms with Crippen LogP contribution < -0.4 is 10.1 Å². The van der Waals surface area contributed by atoms with E-state index in [1.807, 2.05) is 31.2 Å². The quantitative estimate of drug-likeness (QED) is 0.746. The van der Waals surface area contributed by atoms with E-state index in [0.29, 0.717) is 37.4 Å². The summed E-state index contributed by atoms with van der Waals surface area (Å²) >= 11 is 0. The van der Waals surface area contributed by atoms with Crippen LogP contribution in [0, 0.1) is 0 Å². The van der Waals surface area contributed by atoms with Crippen molar-refractivity contribution in [2.45, 2.75) is 18.7 Å². The molecule has 7 nitrogen and oxygen atoms in total. The summed E-state index contributed by atoms with van der Waals surface area (Å²) in [5, 5.41) is 2.95. The lowest BCUT2D eigenvalue weighted by molar-refractivity contribution is 0.0729. The van der Waals surface area contributed by atoms with E-state index >= 15 is 0 Å². The lowest BCUT2D eigenvalue weighted by atomic mass is 10.1. The maximum absolute atomic E-state index is 12.5. The highest BCUT2D eigenvalue weighted by atomic mass is 32.2. The van der Waals surface area contributed by atoms with Crippen LogP contribution in [0.15, 0.2) is 48.5 Å². The number of morpholine rings is 1. The van der Waals surface area contributed by atoms with E-state index in [0.717, 1.165) is 11.3 Å². The van der Waals surface area contributed by atoms with Gasteiger partial charge >= 0.3 is 0 Å². The third kappa shape index (κ3) is 5.56. The van der Waals surface area contributed by atoms with Crippen molar-refractivity contribution in [3.63, 3.8) is 0 Å². The van der Waals surface area contributed by atoms with Crippen molar-refractivity contribution in [1.29, 1.82) is 0 Å². The van der Waals surface area contributed by atoms with Gasteiger partial charge in [-0.3, -0.25) is 4.79 Å². The molecule has 29 heavy (non-hydrogen) atoms. The van der Waals surface area contributed by atoms with E-state index < -0.39 is 10.0 Å². The van der Waals surface area contributed by atoms with E-state index in [-0.39, 0.29) is 17.7 Å². The van der Waals surface area contributed by atoms with Crippen molar-refractivity contribution < 1.29 is 22.7 Å². The Morgan fingerprint density at radius 1 is 1.10 bits per heavy atom. The topological polar surface area (TPSA) is 84.9 Å². The van der Waals surface area contributed by atoms with Crippen molar-refractivity contribution in [3.8, 4) is 5.75 Å². The molecular weight excluding hydrogens is 392 g/mol. The van der Waals surface area contributed by atoms with Crippen LogP contribution in [-0.2, 0) is 20.5 Å². The normalized spacial score (nSPS) is 16.2. The van der Waals surface area contributed by atoms with Gasteiger partial charge in [-0.2, -0.15) is 4.31 Å². The van der Waals surface area contributed by atoms with E-state index in [9.17, 15) is 13.2 Å². The fraction of sp³-hybridized carbons (Fsp3) is 0.381. The Balaban J connectivity index is 1.60. The van der Waals surface area contributed by atoms with E-state index in [4.69, 9.17) is 9.47 Å². The summed E-state index contributed by atoms with van der Waals surface area (Å²) in [4.78, 5) is 12.5. The van der Waals surface area contributed by atoms with Crippen LogP contribution in [0.1, 0.15) is 34.5 Å². The van der Waals surface area contributed by atoms with Crippen LogP contribution in [0.3, 0.4) is 0 Å². The maximum atomic E-state index is 12.5. The molecule has 1 N–H and O–H groups in total. The smallest absolute Gasteiger partial charge is 0.251 e. The zero-order chi connectivity index (χ0) is 20.9. The van der Waals surface area contributed by atoms with Gasteiger partial charge in [0.05, 0.1) is 32.1 Å². The summed E-state index contributed by atoms with van der Waals surface area (Å²) in [5.41, 5.74) is 2.10. The number of hydrogen-bond acceptors (Lipinski definition) is 5. The second kappa shape index (κ2) is 9.39. The number of sulfonamides is 1. The number of ether oxygens (including phenoxy) is 2. The molecule has 0 spiro atoms. The van der Waals surface area contributed by atoms with Crippen molar-refractivity contribution in [1.82, 2.24) is 9.62 Å². The van der Waals surface area contributed by atoms with Crippen LogP contribution in [0.4, 0.5) is 0 Å². The standard InChI is InChI=1S/C21H26N2O5S/c1-16(18-7-9-20(27-2)10-8-18)22-21(24)19-5-3-17(4-6-19)15-29(25,26)23-11-13-28-14-12-23/h3-10,16H,11-15H2,1-2H3,(H,22,24)/t16-/m0/s1. The van der Waals surface area contributed by atoms with Crippen molar-refractivity contribution in [3.05, 3.63) is 65.2 Å². The largest absolute Gasteiger partial charge is 0.497 e. The minimum Gasteiger partial charge on any atom is -0.497 e. The molecule has 1 atom stereocenters. The average Bonchev–Trinajstić information content (AvgIpc) is 2.74. The number of rotatable bonds is 7. The van der Waals surface area contributed by atoms with Crippen molar-refractivity contribution >= 4 is 15.9 Å². The molecule has 0 unspecified atom stereocenters. The summed E-state index contributed by atoms with van der Waals surface area (Å²) in [7, 11) is -1.78. The fourth-order valence-corrected chi connectivity index (χ4v) is 4.64. The van der Waals surface area contributed by atoms with E-state index in [2.05, 4.69) is 5.32 Å².